The number of aromatic nitrogens is 4. The zero-order chi connectivity index (χ0) is 16.9. The first-order valence-corrected chi connectivity index (χ1v) is 8.44. The van der Waals surface area contributed by atoms with Crippen LogP contribution < -0.4 is 5.32 Å². The molecule has 3 heterocycles. The molecular formula is C16H26IN7O. The Balaban J connectivity index is 0.00000225. The topological polar surface area (TPSA) is 84.4 Å². The molecule has 3 rings (SSSR count). The Morgan fingerprint density at radius 3 is 3.04 bits per heavy atom. The van der Waals surface area contributed by atoms with Crippen molar-refractivity contribution in [2.45, 2.75) is 39.8 Å². The summed E-state index contributed by atoms with van der Waals surface area (Å²) >= 11 is 0. The zero-order valence-electron chi connectivity index (χ0n) is 15.0. The van der Waals surface area contributed by atoms with Crippen LogP contribution in [0, 0.1) is 12.8 Å². The van der Waals surface area contributed by atoms with Gasteiger partial charge in [-0.3, -0.25) is 4.99 Å². The second-order valence-electron chi connectivity index (χ2n) is 6.22. The highest BCUT2D eigenvalue weighted by Crippen LogP contribution is 2.20. The lowest BCUT2D eigenvalue weighted by Gasteiger charge is -2.25. The number of hydrogen-bond donors (Lipinski definition) is 1. The van der Waals surface area contributed by atoms with Gasteiger partial charge < -0.3 is 19.3 Å². The van der Waals surface area contributed by atoms with E-state index in [9.17, 15) is 0 Å². The van der Waals surface area contributed by atoms with Crippen molar-refractivity contribution in [2.75, 3.05) is 20.1 Å². The van der Waals surface area contributed by atoms with Crippen LogP contribution in [0.2, 0.25) is 0 Å². The molecule has 0 fully saturated rings. The minimum atomic E-state index is 0. The number of guanidine groups is 1. The molecule has 1 atom stereocenters. The molecule has 1 N–H and O–H groups in total. The van der Waals surface area contributed by atoms with E-state index in [-0.39, 0.29) is 24.0 Å². The highest BCUT2D eigenvalue weighted by atomic mass is 127. The first-order valence-electron chi connectivity index (χ1n) is 8.44. The van der Waals surface area contributed by atoms with Crippen LogP contribution in [-0.2, 0) is 19.5 Å². The minimum absolute atomic E-state index is 0. The summed E-state index contributed by atoms with van der Waals surface area (Å²) in [4.78, 5) is 6.89. The normalized spacial score (nSPS) is 16.9. The van der Waals surface area contributed by atoms with Crippen LogP contribution in [0.25, 0.3) is 0 Å². The maximum atomic E-state index is 4.90. The Kier molecular flexibility index (Phi) is 7.21. The van der Waals surface area contributed by atoms with E-state index in [1.807, 2.05) is 20.0 Å². The molecule has 0 aromatic carbocycles. The summed E-state index contributed by atoms with van der Waals surface area (Å²) in [6.45, 7) is 7.33. The highest BCUT2D eigenvalue weighted by Gasteiger charge is 2.21. The van der Waals surface area contributed by atoms with Crippen molar-refractivity contribution in [3.05, 3.63) is 29.7 Å². The molecule has 0 spiro atoms. The van der Waals surface area contributed by atoms with Crippen LogP contribution in [0.4, 0.5) is 0 Å². The average Bonchev–Trinajstić information content (AvgIpc) is 3.21. The zero-order valence-corrected chi connectivity index (χ0v) is 17.3. The Morgan fingerprint density at radius 1 is 1.48 bits per heavy atom. The van der Waals surface area contributed by atoms with E-state index in [1.54, 1.807) is 6.26 Å². The molecular weight excluding hydrogens is 433 g/mol. The summed E-state index contributed by atoms with van der Waals surface area (Å²) in [6, 6.07) is 1.87. The number of hydrogen-bond acceptors (Lipinski definition) is 5. The van der Waals surface area contributed by atoms with Gasteiger partial charge in [-0.05, 0) is 26.2 Å². The number of rotatable bonds is 5. The SMILES string of the molecule is CCNC(=NCC1CCc2nnc(C)n2C1)N(C)Cc1ccon1.I. The van der Waals surface area contributed by atoms with Gasteiger partial charge in [-0.15, -0.1) is 34.2 Å². The van der Waals surface area contributed by atoms with E-state index in [2.05, 4.69) is 37.1 Å². The molecule has 25 heavy (non-hydrogen) atoms. The molecule has 0 bridgehead atoms. The maximum Gasteiger partial charge on any atom is 0.194 e. The number of aryl methyl sites for hydroxylation is 2. The van der Waals surface area contributed by atoms with Crippen LogP contribution in [0.5, 0.6) is 0 Å². The number of fused-ring (bicyclic) bond motifs is 1. The summed E-state index contributed by atoms with van der Waals surface area (Å²) in [6.07, 6.45) is 3.68. The van der Waals surface area contributed by atoms with Crippen LogP contribution >= 0.6 is 24.0 Å². The molecule has 1 aliphatic rings. The molecule has 8 nitrogen and oxygen atoms in total. The van der Waals surface area contributed by atoms with Gasteiger partial charge >= 0.3 is 0 Å². The van der Waals surface area contributed by atoms with Crippen LogP contribution in [0.1, 0.15) is 30.7 Å². The summed E-state index contributed by atoms with van der Waals surface area (Å²) in [5, 5.41) is 15.7. The molecule has 138 valence electrons. The molecule has 1 aliphatic heterocycles. The summed E-state index contributed by atoms with van der Waals surface area (Å²) in [5.41, 5.74) is 0.894. The highest BCUT2D eigenvalue weighted by molar-refractivity contribution is 14.0. The number of aliphatic imine (C=N–C) groups is 1. The molecule has 2 aromatic heterocycles. The third kappa shape index (κ3) is 4.93. The molecule has 0 saturated carbocycles. The lowest BCUT2D eigenvalue weighted by atomic mass is 9.99. The predicted octanol–water partition coefficient (Wildman–Crippen LogP) is 1.85. The van der Waals surface area contributed by atoms with Gasteiger partial charge in [-0.25, -0.2) is 0 Å². The molecule has 1 unspecified atom stereocenters. The average molecular weight is 459 g/mol. The minimum Gasteiger partial charge on any atom is -0.364 e. The lowest BCUT2D eigenvalue weighted by Crippen LogP contribution is -2.39. The molecule has 0 saturated heterocycles. The van der Waals surface area contributed by atoms with Crippen molar-refractivity contribution in [2.24, 2.45) is 10.9 Å². The molecule has 2 aromatic rings. The van der Waals surface area contributed by atoms with E-state index >= 15 is 0 Å². The fourth-order valence-corrected chi connectivity index (χ4v) is 3.00. The Hall–Kier alpha value is -1.65. The first-order chi connectivity index (χ1) is 11.7. The van der Waals surface area contributed by atoms with Gasteiger partial charge in [-0.1, -0.05) is 5.16 Å². The Labute approximate surface area is 165 Å². The summed E-state index contributed by atoms with van der Waals surface area (Å²) in [7, 11) is 2.01. The predicted molar refractivity (Wildman–Crippen MR) is 106 cm³/mol. The van der Waals surface area contributed by atoms with E-state index in [0.29, 0.717) is 12.5 Å². The fraction of sp³-hybridized carbons (Fsp3) is 0.625. The second kappa shape index (κ2) is 9.16. The third-order valence-electron chi connectivity index (χ3n) is 4.32. The van der Waals surface area contributed by atoms with Gasteiger partial charge in [0, 0.05) is 39.2 Å². The van der Waals surface area contributed by atoms with Crippen molar-refractivity contribution >= 4 is 29.9 Å². The number of nitrogens with one attached hydrogen (secondary N) is 1. The van der Waals surface area contributed by atoms with Gasteiger partial charge in [-0.2, -0.15) is 0 Å². The van der Waals surface area contributed by atoms with Crippen LogP contribution in [0.15, 0.2) is 21.8 Å². The Morgan fingerprint density at radius 2 is 2.32 bits per heavy atom. The lowest BCUT2D eigenvalue weighted by molar-refractivity contribution is 0.365. The van der Waals surface area contributed by atoms with E-state index in [4.69, 9.17) is 9.52 Å². The van der Waals surface area contributed by atoms with Crippen LogP contribution in [0.3, 0.4) is 0 Å². The van der Waals surface area contributed by atoms with Crippen molar-refractivity contribution in [3.8, 4) is 0 Å². The smallest absolute Gasteiger partial charge is 0.194 e. The molecule has 0 amide bonds. The van der Waals surface area contributed by atoms with Crippen molar-refractivity contribution in [1.29, 1.82) is 0 Å². The standard InChI is InChI=1S/C16H25N7O.HI/c1-4-17-16(22(3)11-14-7-8-24-21-14)18-9-13-5-6-15-20-19-12(2)23(15)10-13;/h7-8,13H,4-6,9-11H2,1-3H3,(H,17,18);1H. The van der Waals surface area contributed by atoms with Gasteiger partial charge in [0.05, 0.1) is 6.54 Å². The van der Waals surface area contributed by atoms with E-state index in [1.165, 1.54) is 0 Å². The monoisotopic (exact) mass is 459 g/mol. The quantitative estimate of drug-likeness (QED) is 0.418. The van der Waals surface area contributed by atoms with Gasteiger partial charge in [0.2, 0.25) is 0 Å². The Bertz CT molecular complexity index is 683. The molecule has 0 radical (unpaired) electrons. The summed E-state index contributed by atoms with van der Waals surface area (Å²) < 4.78 is 7.11. The molecule has 9 heteroatoms. The van der Waals surface area contributed by atoms with Gasteiger partial charge in [0.25, 0.3) is 0 Å². The van der Waals surface area contributed by atoms with Gasteiger partial charge in [0.15, 0.2) is 5.96 Å². The van der Waals surface area contributed by atoms with Crippen molar-refractivity contribution in [3.63, 3.8) is 0 Å². The van der Waals surface area contributed by atoms with E-state index < -0.39 is 0 Å². The fourth-order valence-electron chi connectivity index (χ4n) is 3.00. The van der Waals surface area contributed by atoms with Gasteiger partial charge in [0.1, 0.15) is 23.6 Å². The third-order valence-corrected chi connectivity index (χ3v) is 4.32. The van der Waals surface area contributed by atoms with Crippen molar-refractivity contribution in [1.82, 2.24) is 30.1 Å². The first kappa shape index (κ1) is 19.7. The largest absolute Gasteiger partial charge is 0.364 e. The number of nitrogens with zero attached hydrogens (tertiary/aromatic N) is 6. The van der Waals surface area contributed by atoms with E-state index in [0.717, 1.165) is 55.8 Å². The second-order valence-corrected chi connectivity index (χ2v) is 6.22. The maximum absolute atomic E-state index is 4.90. The number of halogens is 1. The molecule has 0 aliphatic carbocycles. The van der Waals surface area contributed by atoms with Crippen molar-refractivity contribution < 1.29 is 4.52 Å². The van der Waals surface area contributed by atoms with Crippen LogP contribution in [-0.4, -0.2) is 50.9 Å². The summed E-state index contributed by atoms with van der Waals surface area (Å²) in [5.74, 6) is 3.50.